The second-order valence-electron chi connectivity index (χ2n) is 2.11. The van der Waals surface area contributed by atoms with Gasteiger partial charge in [-0.2, -0.15) is 0 Å². The molecule has 0 aliphatic rings. The van der Waals surface area contributed by atoms with Crippen LogP contribution in [0.1, 0.15) is 19.3 Å². The van der Waals surface area contributed by atoms with Gasteiger partial charge in [0, 0.05) is 6.42 Å². The Hall–Kier alpha value is -1.11. The van der Waals surface area contributed by atoms with Crippen LogP contribution in [0.15, 0.2) is 37.0 Å². The fraction of sp³-hybridized carbons (Fsp3) is 0.300. The second kappa shape index (κ2) is 8.89. The maximum Gasteiger partial charge on any atom is 0.120 e. The van der Waals surface area contributed by atoms with Crippen LogP contribution in [0.5, 0.6) is 0 Å². The smallest absolute Gasteiger partial charge is 0.120 e. The summed E-state index contributed by atoms with van der Waals surface area (Å²) < 4.78 is 0. The molecule has 0 aliphatic carbocycles. The molecule has 0 amide bonds. The Labute approximate surface area is 68.1 Å². The Morgan fingerprint density at radius 3 is 2.55 bits per heavy atom. The molecule has 0 atom stereocenters. The molecule has 0 aromatic rings. The molecule has 0 fully saturated rings. The Morgan fingerprint density at radius 2 is 1.91 bits per heavy atom. The Morgan fingerprint density at radius 1 is 1.09 bits per heavy atom. The van der Waals surface area contributed by atoms with Gasteiger partial charge in [-0.1, -0.05) is 37.0 Å². The van der Waals surface area contributed by atoms with Crippen molar-refractivity contribution in [1.82, 2.24) is 0 Å². The first-order chi connectivity index (χ1) is 5.41. The van der Waals surface area contributed by atoms with Gasteiger partial charge in [0.2, 0.25) is 0 Å². The van der Waals surface area contributed by atoms with Crippen LogP contribution < -0.4 is 0 Å². The van der Waals surface area contributed by atoms with E-state index in [1.807, 2.05) is 24.3 Å². The van der Waals surface area contributed by atoms with E-state index in [1.54, 1.807) is 6.08 Å². The van der Waals surface area contributed by atoms with Crippen molar-refractivity contribution in [3.05, 3.63) is 37.0 Å². The van der Waals surface area contributed by atoms with Gasteiger partial charge >= 0.3 is 0 Å². The molecular weight excluding hydrogens is 136 g/mol. The summed E-state index contributed by atoms with van der Waals surface area (Å²) in [7, 11) is 0. The zero-order chi connectivity index (χ0) is 8.36. The molecule has 1 heteroatoms. The van der Waals surface area contributed by atoms with Crippen molar-refractivity contribution < 1.29 is 4.79 Å². The zero-order valence-corrected chi connectivity index (χ0v) is 6.70. The van der Waals surface area contributed by atoms with Gasteiger partial charge < -0.3 is 4.79 Å². The molecule has 11 heavy (non-hydrogen) atoms. The van der Waals surface area contributed by atoms with Gasteiger partial charge in [0.15, 0.2) is 0 Å². The van der Waals surface area contributed by atoms with Gasteiger partial charge in [0.05, 0.1) is 0 Å². The fourth-order valence-corrected chi connectivity index (χ4v) is 0.632. The highest BCUT2D eigenvalue weighted by atomic mass is 16.1. The van der Waals surface area contributed by atoms with E-state index in [-0.39, 0.29) is 0 Å². The lowest BCUT2D eigenvalue weighted by atomic mass is 10.2. The van der Waals surface area contributed by atoms with E-state index in [0.717, 1.165) is 19.1 Å². The highest BCUT2D eigenvalue weighted by Crippen LogP contribution is 1.91. The summed E-state index contributed by atoms with van der Waals surface area (Å²) >= 11 is 0. The van der Waals surface area contributed by atoms with Gasteiger partial charge in [0.1, 0.15) is 6.29 Å². The van der Waals surface area contributed by atoms with Crippen LogP contribution in [-0.2, 0) is 4.79 Å². The summed E-state index contributed by atoms with van der Waals surface area (Å²) in [6.07, 6.45) is 13.1. The van der Waals surface area contributed by atoms with Crippen molar-refractivity contribution in [2.45, 2.75) is 19.3 Å². The monoisotopic (exact) mass is 150 g/mol. The van der Waals surface area contributed by atoms with Gasteiger partial charge in [-0.25, -0.2) is 0 Å². The van der Waals surface area contributed by atoms with Crippen molar-refractivity contribution in [2.75, 3.05) is 0 Å². The molecule has 0 unspecified atom stereocenters. The molecule has 60 valence electrons. The minimum atomic E-state index is 0.627. The van der Waals surface area contributed by atoms with Gasteiger partial charge in [-0.15, -0.1) is 0 Å². The lowest BCUT2D eigenvalue weighted by Gasteiger charge is -1.81. The third-order valence-electron chi connectivity index (χ3n) is 1.16. The van der Waals surface area contributed by atoms with Crippen molar-refractivity contribution >= 4 is 6.29 Å². The standard InChI is InChI=1S/C10H14O/c1-2-3-4-5-6-7-8-9-10-11/h2-4,6-7,10H,1,5,8-9H2/b4-3-,7-6-. The van der Waals surface area contributed by atoms with Crippen LogP contribution in [0, 0.1) is 0 Å². The third-order valence-corrected chi connectivity index (χ3v) is 1.16. The predicted molar refractivity (Wildman–Crippen MR) is 48.4 cm³/mol. The number of unbranched alkanes of at least 4 members (excludes halogenated alkanes) is 1. The maximum absolute atomic E-state index is 9.88. The van der Waals surface area contributed by atoms with E-state index in [1.165, 1.54) is 0 Å². The number of rotatable bonds is 6. The summed E-state index contributed by atoms with van der Waals surface area (Å²) in [6, 6.07) is 0. The number of carbonyl (C=O) groups excluding carboxylic acids is 1. The highest BCUT2D eigenvalue weighted by Gasteiger charge is 1.75. The van der Waals surface area contributed by atoms with Crippen LogP contribution in [0.25, 0.3) is 0 Å². The zero-order valence-electron chi connectivity index (χ0n) is 6.70. The largest absolute Gasteiger partial charge is 0.303 e. The van der Waals surface area contributed by atoms with Crippen molar-refractivity contribution in [3.63, 3.8) is 0 Å². The van der Waals surface area contributed by atoms with Crippen molar-refractivity contribution in [2.24, 2.45) is 0 Å². The molecule has 0 aromatic heterocycles. The van der Waals surface area contributed by atoms with Crippen LogP contribution in [-0.4, -0.2) is 6.29 Å². The Bertz CT molecular complexity index is 154. The molecule has 0 saturated heterocycles. The SMILES string of the molecule is C=C/C=C\C/C=C\CCC=O. The minimum Gasteiger partial charge on any atom is -0.303 e. The van der Waals surface area contributed by atoms with Crippen molar-refractivity contribution in [3.8, 4) is 0 Å². The van der Waals surface area contributed by atoms with Crippen LogP contribution in [0.4, 0.5) is 0 Å². The predicted octanol–water partition coefficient (Wildman–Crippen LogP) is 2.65. The van der Waals surface area contributed by atoms with Gasteiger partial charge in [-0.3, -0.25) is 0 Å². The third kappa shape index (κ3) is 8.89. The minimum absolute atomic E-state index is 0.627. The number of aldehydes is 1. The van der Waals surface area contributed by atoms with Gasteiger partial charge in [0.25, 0.3) is 0 Å². The van der Waals surface area contributed by atoms with Crippen LogP contribution in [0.2, 0.25) is 0 Å². The summed E-state index contributed by atoms with van der Waals surface area (Å²) in [5.74, 6) is 0. The average molecular weight is 150 g/mol. The van der Waals surface area contributed by atoms with E-state index in [0.29, 0.717) is 6.42 Å². The molecule has 0 N–H and O–H groups in total. The van der Waals surface area contributed by atoms with E-state index in [4.69, 9.17) is 0 Å². The molecule has 0 bridgehead atoms. The molecule has 0 heterocycles. The summed E-state index contributed by atoms with van der Waals surface area (Å²) in [4.78, 5) is 9.88. The fourth-order valence-electron chi connectivity index (χ4n) is 0.632. The Kier molecular flexibility index (Phi) is 7.99. The molecule has 0 aromatic carbocycles. The molecule has 0 saturated carbocycles. The Balaban J connectivity index is 3.22. The molecule has 1 nitrogen and oxygen atoms in total. The number of hydrogen-bond acceptors (Lipinski definition) is 1. The highest BCUT2D eigenvalue weighted by molar-refractivity contribution is 5.49. The molecular formula is C10H14O. The first-order valence-electron chi connectivity index (χ1n) is 3.78. The van der Waals surface area contributed by atoms with E-state index in [9.17, 15) is 4.79 Å². The van der Waals surface area contributed by atoms with E-state index in [2.05, 4.69) is 6.58 Å². The van der Waals surface area contributed by atoms with Crippen LogP contribution >= 0.6 is 0 Å². The lowest BCUT2D eigenvalue weighted by Crippen LogP contribution is -1.69. The molecule has 0 radical (unpaired) electrons. The number of hydrogen-bond donors (Lipinski definition) is 0. The maximum atomic E-state index is 9.88. The van der Waals surface area contributed by atoms with E-state index >= 15 is 0 Å². The molecule has 0 rings (SSSR count). The second-order valence-corrected chi connectivity index (χ2v) is 2.11. The normalized spacial score (nSPS) is 10.9. The van der Waals surface area contributed by atoms with Crippen molar-refractivity contribution in [1.29, 1.82) is 0 Å². The van der Waals surface area contributed by atoms with Gasteiger partial charge in [-0.05, 0) is 12.8 Å². The number of allylic oxidation sites excluding steroid dienone is 5. The molecule has 0 aliphatic heterocycles. The lowest BCUT2D eigenvalue weighted by molar-refractivity contribution is -0.107. The summed E-state index contributed by atoms with van der Waals surface area (Å²) in [5.41, 5.74) is 0. The first kappa shape index (κ1) is 9.89. The van der Waals surface area contributed by atoms with E-state index < -0.39 is 0 Å². The molecule has 0 spiro atoms. The van der Waals surface area contributed by atoms with Crippen LogP contribution in [0.3, 0.4) is 0 Å². The quantitative estimate of drug-likeness (QED) is 0.246. The summed E-state index contributed by atoms with van der Waals surface area (Å²) in [6.45, 7) is 3.55. The average Bonchev–Trinajstić information content (AvgIpc) is 2.03. The first-order valence-corrected chi connectivity index (χ1v) is 3.78. The number of carbonyl (C=O) groups is 1. The summed E-state index contributed by atoms with van der Waals surface area (Å²) in [5, 5.41) is 0. The topological polar surface area (TPSA) is 17.1 Å².